The van der Waals surface area contributed by atoms with Gasteiger partial charge in [0.2, 0.25) is 5.88 Å². The van der Waals surface area contributed by atoms with Gasteiger partial charge >= 0.3 is 0 Å². The first-order chi connectivity index (χ1) is 8.15. The molecule has 6 heteroatoms. The average Bonchev–Trinajstić information content (AvgIpc) is 2.72. The average molecular weight is 240 g/mol. The van der Waals surface area contributed by atoms with Crippen LogP contribution in [0.1, 0.15) is 5.56 Å². The normalized spacial score (nSPS) is 10.8. The van der Waals surface area contributed by atoms with Crippen LogP contribution in [0.15, 0.2) is 22.9 Å². The second kappa shape index (κ2) is 4.50. The molecule has 4 nitrogen and oxygen atoms in total. The monoisotopic (exact) mass is 240 g/mol. The first kappa shape index (κ1) is 11.5. The molecule has 0 amide bonds. The third-order valence-corrected chi connectivity index (χ3v) is 2.35. The molecule has 0 saturated carbocycles. The Morgan fingerprint density at radius 2 is 2.06 bits per heavy atom. The number of nitrogen functional groups attached to an aromatic ring is 1. The summed E-state index contributed by atoms with van der Waals surface area (Å²) in [6.07, 6.45) is 1.24. The third kappa shape index (κ3) is 1.99. The van der Waals surface area contributed by atoms with Crippen LogP contribution in [0.4, 0.5) is 14.7 Å². The Bertz CT molecular complexity index is 540. The van der Waals surface area contributed by atoms with Gasteiger partial charge in [-0.3, -0.25) is 0 Å². The number of hydrogen-bond acceptors (Lipinski definition) is 4. The highest BCUT2D eigenvalue weighted by Gasteiger charge is 2.17. The molecule has 1 heterocycles. The number of aromatic nitrogens is 1. The molecule has 0 spiro atoms. The fourth-order valence-corrected chi connectivity index (χ4v) is 1.52. The highest BCUT2D eigenvalue weighted by atomic mass is 19.2. The molecular weight excluding hydrogens is 230 g/mol. The zero-order valence-electron chi connectivity index (χ0n) is 9.04. The lowest BCUT2D eigenvalue weighted by molar-refractivity contribution is 0.180. The minimum absolute atomic E-state index is 0.00214. The lowest BCUT2D eigenvalue weighted by atomic mass is 10.1. The molecule has 0 saturated heterocycles. The van der Waals surface area contributed by atoms with Crippen molar-refractivity contribution in [3.8, 4) is 11.1 Å². The molecule has 2 aromatic rings. The summed E-state index contributed by atoms with van der Waals surface area (Å²) in [6, 6.07) is 2.85. The first-order valence-corrected chi connectivity index (χ1v) is 4.81. The van der Waals surface area contributed by atoms with Crippen molar-refractivity contribution in [2.75, 3.05) is 12.8 Å². The highest BCUT2D eigenvalue weighted by molar-refractivity contribution is 5.72. The Morgan fingerprint density at radius 3 is 2.65 bits per heavy atom. The smallest absolute Gasteiger partial charge is 0.230 e. The Hall–Kier alpha value is -1.95. The van der Waals surface area contributed by atoms with Crippen molar-refractivity contribution in [2.45, 2.75) is 6.61 Å². The molecule has 0 atom stereocenters. The summed E-state index contributed by atoms with van der Waals surface area (Å²) < 4.78 is 36.8. The number of hydrogen-bond donors (Lipinski definition) is 1. The predicted octanol–water partition coefficient (Wildman–Crippen LogP) is 2.35. The molecule has 2 rings (SSSR count). The van der Waals surface area contributed by atoms with Crippen molar-refractivity contribution in [3.05, 3.63) is 35.5 Å². The number of rotatable bonds is 3. The molecule has 2 N–H and O–H groups in total. The van der Waals surface area contributed by atoms with Gasteiger partial charge in [-0.2, -0.15) is 0 Å². The lowest BCUT2D eigenvalue weighted by Crippen LogP contribution is -1.99. The largest absolute Gasteiger partial charge is 0.380 e. The molecule has 1 aromatic carbocycles. The van der Waals surface area contributed by atoms with Gasteiger partial charge in [0.1, 0.15) is 0 Å². The van der Waals surface area contributed by atoms with Gasteiger partial charge in [-0.15, -0.1) is 0 Å². The van der Waals surface area contributed by atoms with Crippen LogP contribution in [-0.2, 0) is 11.3 Å². The maximum absolute atomic E-state index is 13.8. The van der Waals surface area contributed by atoms with Gasteiger partial charge < -0.3 is 15.0 Å². The van der Waals surface area contributed by atoms with Crippen molar-refractivity contribution in [1.29, 1.82) is 0 Å². The van der Waals surface area contributed by atoms with Crippen molar-refractivity contribution in [1.82, 2.24) is 5.16 Å². The van der Waals surface area contributed by atoms with Gasteiger partial charge in [0.05, 0.1) is 18.4 Å². The Labute approximate surface area is 96.0 Å². The maximum Gasteiger partial charge on any atom is 0.230 e. The van der Waals surface area contributed by atoms with E-state index in [9.17, 15) is 8.78 Å². The standard InChI is InChI=1S/C11H10F2N2O2/c1-16-5-6-2-3-7(10(13)9(6)12)8-4-15-17-11(8)14/h2-4H,5,14H2,1H3. The van der Waals surface area contributed by atoms with Crippen LogP contribution >= 0.6 is 0 Å². The van der Waals surface area contributed by atoms with Gasteiger partial charge in [-0.1, -0.05) is 17.3 Å². The topological polar surface area (TPSA) is 61.3 Å². The summed E-state index contributed by atoms with van der Waals surface area (Å²) in [5, 5.41) is 3.41. The number of methoxy groups -OCH3 is 1. The summed E-state index contributed by atoms with van der Waals surface area (Å²) in [5.41, 5.74) is 5.83. The molecule has 17 heavy (non-hydrogen) atoms. The molecule has 0 aliphatic rings. The summed E-state index contributed by atoms with van der Waals surface area (Å²) in [5.74, 6) is -2.00. The number of nitrogens with zero attached hydrogens (tertiary/aromatic N) is 1. The zero-order chi connectivity index (χ0) is 12.4. The van der Waals surface area contributed by atoms with Crippen LogP contribution in [-0.4, -0.2) is 12.3 Å². The van der Waals surface area contributed by atoms with E-state index in [1.807, 2.05) is 0 Å². The molecule has 0 unspecified atom stereocenters. The molecule has 0 bridgehead atoms. The van der Waals surface area contributed by atoms with Gasteiger partial charge in [-0.05, 0) is 0 Å². The predicted molar refractivity (Wildman–Crippen MR) is 57.0 cm³/mol. The summed E-state index contributed by atoms with van der Waals surface area (Å²) >= 11 is 0. The summed E-state index contributed by atoms with van der Waals surface area (Å²) in [4.78, 5) is 0. The fourth-order valence-electron chi connectivity index (χ4n) is 1.52. The minimum atomic E-state index is -0.991. The van der Waals surface area contributed by atoms with Gasteiger partial charge in [0.15, 0.2) is 11.6 Å². The first-order valence-electron chi connectivity index (χ1n) is 4.81. The van der Waals surface area contributed by atoms with E-state index in [0.717, 1.165) is 0 Å². The number of halogens is 2. The van der Waals surface area contributed by atoms with E-state index in [1.165, 1.54) is 25.4 Å². The third-order valence-electron chi connectivity index (χ3n) is 2.35. The molecule has 90 valence electrons. The second-order valence-corrected chi connectivity index (χ2v) is 3.44. The van der Waals surface area contributed by atoms with E-state index in [1.54, 1.807) is 0 Å². The molecular formula is C11H10F2N2O2. The summed E-state index contributed by atoms with van der Waals surface area (Å²) in [6.45, 7) is 0.00214. The maximum atomic E-state index is 13.8. The van der Waals surface area contributed by atoms with Crippen molar-refractivity contribution < 1.29 is 18.0 Å². The van der Waals surface area contributed by atoms with E-state index in [-0.39, 0.29) is 29.2 Å². The molecule has 1 aromatic heterocycles. The number of nitrogens with two attached hydrogens (primary N) is 1. The molecule has 0 fully saturated rings. The van der Waals surface area contributed by atoms with E-state index >= 15 is 0 Å². The second-order valence-electron chi connectivity index (χ2n) is 3.44. The minimum Gasteiger partial charge on any atom is -0.380 e. The lowest BCUT2D eigenvalue weighted by Gasteiger charge is -2.06. The van der Waals surface area contributed by atoms with Crippen molar-refractivity contribution >= 4 is 5.88 Å². The highest BCUT2D eigenvalue weighted by Crippen LogP contribution is 2.30. The number of anilines is 1. The Balaban J connectivity index is 2.51. The van der Waals surface area contributed by atoms with E-state index < -0.39 is 11.6 Å². The van der Waals surface area contributed by atoms with Gasteiger partial charge in [-0.25, -0.2) is 8.78 Å². The van der Waals surface area contributed by atoms with E-state index in [2.05, 4.69) is 9.68 Å². The molecule has 0 aliphatic carbocycles. The van der Waals surface area contributed by atoms with Crippen molar-refractivity contribution in [3.63, 3.8) is 0 Å². The quantitative estimate of drug-likeness (QED) is 0.894. The number of ether oxygens (including phenoxy) is 1. The van der Waals surface area contributed by atoms with E-state index in [0.29, 0.717) is 0 Å². The Morgan fingerprint density at radius 1 is 1.29 bits per heavy atom. The molecule has 0 aliphatic heterocycles. The van der Waals surface area contributed by atoms with E-state index in [4.69, 9.17) is 10.5 Å². The number of benzene rings is 1. The van der Waals surface area contributed by atoms with Crippen LogP contribution in [0.3, 0.4) is 0 Å². The van der Waals surface area contributed by atoms with Crippen LogP contribution in [0.5, 0.6) is 0 Å². The Kier molecular flexibility index (Phi) is 3.06. The van der Waals surface area contributed by atoms with Crippen LogP contribution < -0.4 is 5.73 Å². The molecule has 0 radical (unpaired) electrons. The van der Waals surface area contributed by atoms with Crippen molar-refractivity contribution in [2.24, 2.45) is 0 Å². The zero-order valence-corrected chi connectivity index (χ0v) is 9.04. The van der Waals surface area contributed by atoms with Gasteiger partial charge in [0.25, 0.3) is 0 Å². The van der Waals surface area contributed by atoms with Gasteiger partial charge in [0, 0.05) is 18.2 Å². The SMILES string of the molecule is COCc1ccc(-c2cnoc2N)c(F)c1F. The van der Waals surface area contributed by atoms with Crippen LogP contribution in [0.2, 0.25) is 0 Å². The fraction of sp³-hybridized carbons (Fsp3) is 0.182. The van der Waals surface area contributed by atoms with Crippen LogP contribution in [0.25, 0.3) is 11.1 Å². The summed E-state index contributed by atoms with van der Waals surface area (Å²) in [7, 11) is 1.41. The van der Waals surface area contributed by atoms with Crippen LogP contribution in [0, 0.1) is 11.6 Å².